The summed E-state index contributed by atoms with van der Waals surface area (Å²) < 4.78 is 5.89. The number of nitrogens with one attached hydrogen (secondary N) is 2. The van der Waals surface area contributed by atoms with Crippen LogP contribution in [0.2, 0.25) is 0 Å². The number of hydrogen-bond donors (Lipinski definition) is 2. The van der Waals surface area contributed by atoms with Gasteiger partial charge in [0, 0.05) is 13.2 Å². The molecule has 4 nitrogen and oxygen atoms in total. The maximum absolute atomic E-state index is 12.2. The van der Waals surface area contributed by atoms with E-state index in [2.05, 4.69) is 10.6 Å². The Balaban J connectivity index is 1.27. The van der Waals surface area contributed by atoms with Crippen LogP contribution in [0.1, 0.15) is 57.8 Å². The molecule has 21 heavy (non-hydrogen) atoms. The molecule has 0 spiro atoms. The lowest BCUT2D eigenvalue weighted by Gasteiger charge is -2.22. The zero-order valence-electron chi connectivity index (χ0n) is 13.1. The smallest absolute Gasteiger partial charge is 0.237 e. The first-order chi connectivity index (χ1) is 10.3. The average Bonchev–Trinajstić information content (AvgIpc) is 3.10. The highest BCUT2D eigenvalue weighted by Gasteiger charge is 2.42. The van der Waals surface area contributed by atoms with Crippen LogP contribution in [0.3, 0.4) is 0 Å². The molecule has 4 heteroatoms. The van der Waals surface area contributed by atoms with Crippen LogP contribution in [0.4, 0.5) is 0 Å². The van der Waals surface area contributed by atoms with Crippen molar-refractivity contribution in [1.29, 1.82) is 0 Å². The summed E-state index contributed by atoms with van der Waals surface area (Å²) in [5.74, 6) is 1.54. The first kappa shape index (κ1) is 15.3. The second-order valence-electron chi connectivity index (χ2n) is 7.02. The van der Waals surface area contributed by atoms with E-state index in [0.29, 0.717) is 12.0 Å². The van der Waals surface area contributed by atoms with Gasteiger partial charge >= 0.3 is 0 Å². The van der Waals surface area contributed by atoms with Crippen molar-refractivity contribution in [2.75, 3.05) is 19.7 Å². The number of amides is 1. The molecule has 1 aliphatic heterocycles. The molecule has 3 unspecified atom stereocenters. The summed E-state index contributed by atoms with van der Waals surface area (Å²) in [6.45, 7) is 2.57. The minimum Gasteiger partial charge on any atom is -0.378 e. The third-order valence-corrected chi connectivity index (χ3v) is 5.55. The van der Waals surface area contributed by atoms with Gasteiger partial charge in [0.2, 0.25) is 5.91 Å². The molecule has 0 aromatic carbocycles. The van der Waals surface area contributed by atoms with Crippen molar-refractivity contribution >= 4 is 5.91 Å². The summed E-state index contributed by atoms with van der Waals surface area (Å²) in [6.07, 6.45) is 11.7. The van der Waals surface area contributed by atoms with Crippen LogP contribution >= 0.6 is 0 Å². The van der Waals surface area contributed by atoms with Crippen LogP contribution in [0.15, 0.2) is 0 Å². The molecule has 1 heterocycles. The van der Waals surface area contributed by atoms with Crippen molar-refractivity contribution in [1.82, 2.24) is 10.6 Å². The van der Waals surface area contributed by atoms with Gasteiger partial charge in [0.1, 0.15) is 0 Å². The normalized spacial score (nSPS) is 33.0. The molecular weight excluding hydrogens is 264 g/mol. The Labute approximate surface area is 128 Å². The Morgan fingerprint density at radius 2 is 1.95 bits per heavy atom. The standard InChI is InChI=1S/C17H30N2O2/c20-17(16-15-9-4-6-13(15)12-19-16)18-10-5-11-21-14-7-2-1-3-8-14/h13-16,19H,1-12H2,(H,18,20). The van der Waals surface area contributed by atoms with Crippen molar-refractivity contribution in [3.05, 3.63) is 0 Å². The fourth-order valence-corrected chi connectivity index (χ4v) is 4.35. The lowest BCUT2D eigenvalue weighted by Crippen LogP contribution is -2.44. The Morgan fingerprint density at radius 3 is 2.81 bits per heavy atom. The third-order valence-electron chi connectivity index (χ3n) is 5.55. The number of hydrogen-bond acceptors (Lipinski definition) is 3. The van der Waals surface area contributed by atoms with Crippen LogP contribution < -0.4 is 10.6 Å². The van der Waals surface area contributed by atoms with Gasteiger partial charge in [-0.15, -0.1) is 0 Å². The highest BCUT2D eigenvalue weighted by atomic mass is 16.5. The Kier molecular flexibility index (Phi) is 5.53. The van der Waals surface area contributed by atoms with Gasteiger partial charge in [0.25, 0.3) is 0 Å². The molecule has 2 N–H and O–H groups in total. The van der Waals surface area contributed by atoms with Crippen molar-refractivity contribution in [2.24, 2.45) is 11.8 Å². The van der Waals surface area contributed by atoms with Gasteiger partial charge in [0.15, 0.2) is 0 Å². The minimum absolute atomic E-state index is 0.0664. The average molecular weight is 294 g/mol. The Morgan fingerprint density at radius 1 is 1.10 bits per heavy atom. The van der Waals surface area contributed by atoms with Crippen LogP contribution in [0, 0.1) is 11.8 Å². The largest absolute Gasteiger partial charge is 0.378 e. The molecule has 3 atom stereocenters. The molecular formula is C17H30N2O2. The topological polar surface area (TPSA) is 50.4 Å². The summed E-state index contributed by atoms with van der Waals surface area (Å²) >= 11 is 0. The zero-order valence-corrected chi connectivity index (χ0v) is 13.1. The number of carbonyl (C=O) groups excluding carboxylic acids is 1. The maximum atomic E-state index is 12.2. The molecule has 2 saturated carbocycles. The fraction of sp³-hybridized carbons (Fsp3) is 0.941. The number of carbonyl (C=O) groups is 1. The van der Waals surface area contributed by atoms with E-state index in [1.165, 1.54) is 51.4 Å². The SMILES string of the molecule is O=C(NCCCOC1CCCCC1)C1NCC2CCCC21. The van der Waals surface area contributed by atoms with Gasteiger partial charge < -0.3 is 15.4 Å². The first-order valence-electron chi connectivity index (χ1n) is 8.97. The number of ether oxygens (including phenoxy) is 1. The molecule has 0 radical (unpaired) electrons. The molecule has 3 fully saturated rings. The molecule has 120 valence electrons. The van der Waals surface area contributed by atoms with E-state index >= 15 is 0 Å². The first-order valence-corrected chi connectivity index (χ1v) is 8.97. The zero-order chi connectivity index (χ0) is 14.5. The quantitative estimate of drug-likeness (QED) is 0.739. The second-order valence-corrected chi connectivity index (χ2v) is 7.02. The second kappa shape index (κ2) is 7.59. The van der Waals surface area contributed by atoms with Crippen molar-refractivity contribution in [3.8, 4) is 0 Å². The van der Waals surface area contributed by atoms with Gasteiger partial charge in [-0.1, -0.05) is 25.7 Å². The third kappa shape index (κ3) is 3.98. The highest BCUT2D eigenvalue weighted by Crippen LogP contribution is 2.37. The predicted molar refractivity (Wildman–Crippen MR) is 83.1 cm³/mol. The summed E-state index contributed by atoms with van der Waals surface area (Å²) in [5, 5.41) is 6.50. The van der Waals surface area contributed by atoms with Gasteiger partial charge in [-0.3, -0.25) is 4.79 Å². The molecule has 1 amide bonds. The van der Waals surface area contributed by atoms with Crippen LogP contribution in [-0.4, -0.2) is 37.7 Å². The molecule has 2 aliphatic carbocycles. The molecule has 1 saturated heterocycles. The highest BCUT2D eigenvalue weighted by molar-refractivity contribution is 5.82. The summed E-state index contributed by atoms with van der Waals surface area (Å²) in [4.78, 5) is 12.2. The van der Waals surface area contributed by atoms with E-state index in [0.717, 1.165) is 32.0 Å². The maximum Gasteiger partial charge on any atom is 0.237 e. The lowest BCUT2D eigenvalue weighted by molar-refractivity contribution is -0.123. The van der Waals surface area contributed by atoms with E-state index in [1.54, 1.807) is 0 Å². The number of fused-ring (bicyclic) bond motifs is 1. The van der Waals surface area contributed by atoms with E-state index in [4.69, 9.17) is 4.74 Å². The van der Waals surface area contributed by atoms with Crippen LogP contribution in [-0.2, 0) is 9.53 Å². The summed E-state index contributed by atoms with van der Waals surface area (Å²) in [7, 11) is 0. The molecule has 3 aliphatic rings. The van der Waals surface area contributed by atoms with Crippen molar-refractivity contribution in [3.63, 3.8) is 0 Å². The van der Waals surface area contributed by atoms with Gasteiger partial charge in [-0.2, -0.15) is 0 Å². The Bertz CT molecular complexity index is 342. The van der Waals surface area contributed by atoms with E-state index in [9.17, 15) is 4.79 Å². The van der Waals surface area contributed by atoms with E-state index in [1.807, 2.05) is 0 Å². The molecule has 0 aromatic rings. The summed E-state index contributed by atoms with van der Waals surface area (Å²) in [5.41, 5.74) is 0. The summed E-state index contributed by atoms with van der Waals surface area (Å²) in [6, 6.07) is 0.0664. The van der Waals surface area contributed by atoms with Gasteiger partial charge in [-0.05, 0) is 50.5 Å². The lowest BCUT2D eigenvalue weighted by atomic mass is 9.93. The van der Waals surface area contributed by atoms with Crippen LogP contribution in [0.25, 0.3) is 0 Å². The predicted octanol–water partition coefficient (Wildman–Crippen LogP) is 2.23. The molecule has 0 bridgehead atoms. The van der Waals surface area contributed by atoms with Crippen LogP contribution in [0.5, 0.6) is 0 Å². The fourth-order valence-electron chi connectivity index (χ4n) is 4.35. The molecule has 3 rings (SSSR count). The minimum atomic E-state index is 0.0664. The van der Waals surface area contributed by atoms with Crippen molar-refractivity contribution in [2.45, 2.75) is 69.9 Å². The molecule has 0 aromatic heterocycles. The van der Waals surface area contributed by atoms with E-state index in [-0.39, 0.29) is 11.9 Å². The Hall–Kier alpha value is -0.610. The van der Waals surface area contributed by atoms with Gasteiger partial charge in [0.05, 0.1) is 12.1 Å². The van der Waals surface area contributed by atoms with Crippen molar-refractivity contribution < 1.29 is 9.53 Å². The monoisotopic (exact) mass is 294 g/mol. The van der Waals surface area contributed by atoms with Gasteiger partial charge in [-0.25, -0.2) is 0 Å². The number of rotatable bonds is 6. The van der Waals surface area contributed by atoms with E-state index < -0.39 is 0 Å².